The second-order valence-corrected chi connectivity index (χ2v) is 6.66. The van der Waals surface area contributed by atoms with E-state index < -0.39 is 0 Å². The molecule has 0 amide bonds. The van der Waals surface area contributed by atoms with Crippen LogP contribution in [0, 0.1) is 0 Å². The molecule has 3 aliphatic heterocycles. The number of benzene rings is 2. The summed E-state index contributed by atoms with van der Waals surface area (Å²) in [6.45, 7) is 3.63. The van der Waals surface area contributed by atoms with Gasteiger partial charge in [-0.2, -0.15) is 0 Å². The summed E-state index contributed by atoms with van der Waals surface area (Å²) in [7, 11) is 0. The van der Waals surface area contributed by atoms with Crippen LogP contribution in [0.5, 0.6) is 17.2 Å². The predicted octanol–water partition coefficient (Wildman–Crippen LogP) is 2.99. The molecule has 0 bridgehead atoms. The van der Waals surface area contributed by atoms with Crippen molar-refractivity contribution in [3.05, 3.63) is 53.6 Å². The van der Waals surface area contributed by atoms with Crippen LogP contribution in [0.3, 0.4) is 0 Å². The maximum Gasteiger partial charge on any atom is 0.231 e. The van der Waals surface area contributed by atoms with Gasteiger partial charge < -0.3 is 18.9 Å². The van der Waals surface area contributed by atoms with E-state index in [0.29, 0.717) is 0 Å². The van der Waals surface area contributed by atoms with Crippen molar-refractivity contribution in [1.82, 2.24) is 4.90 Å². The van der Waals surface area contributed by atoms with Crippen LogP contribution in [-0.4, -0.2) is 44.2 Å². The minimum Gasteiger partial charge on any atom is -0.475 e. The largest absolute Gasteiger partial charge is 0.475 e. The van der Waals surface area contributed by atoms with Crippen LogP contribution in [0.4, 0.5) is 0 Å². The first-order valence-electron chi connectivity index (χ1n) is 8.85. The summed E-state index contributed by atoms with van der Waals surface area (Å²) in [5.74, 6) is 2.77. The van der Waals surface area contributed by atoms with Crippen molar-refractivity contribution >= 4 is 0 Å². The fourth-order valence-electron chi connectivity index (χ4n) is 3.93. The predicted molar refractivity (Wildman–Crippen MR) is 92.3 cm³/mol. The van der Waals surface area contributed by atoms with Gasteiger partial charge in [0.2, 0.25) is 6.79 Å². The van der Waals surface area contributed by atoms with Gasteiger partial charge in [-0.25, -0.2) is 0 Å². The summed E-state index contributed by atoms with van der Waals surface area (Å²) < 4.78 is 23.0. The third-order valence-electron chi connectivity index (χ3n) is 5.24. The van der Waals surface area contributed by atoms with Crippen molar-refractivity contribution in [2.24, 2.45) is 0 Å². The number of morpholine rings is 1. The molecule has 0 aliphatic carbocycles. The van der Waals surface area contributed by atoms with E-state index in [1.54, 1.807) is 0 Å². The maximum atomic E-state index is 6.38. The minimum atomic E-state index is 0.0574. The summed E-state index contributed by atoms with van der Waals surface area (Å²) in [5, 5.41) is 0. The molecule has 0 aromatic heterocycles. The monoisotopic (exact) mass is 339 g/mol. The number of hydrogen-bond acceptors (Lipinski definition) is 5. The lowest BCUT2D eigenvalue weighted by Crippen LogP contribution is -2.48. The molecule has 2 aromatic rings. The normalized spacial score (nSPS) is 25.3. The molecule has 5 nitrogen and oxygen atoms in total. The van der Waals surface area contributed by atoms with Crippen molar-refractivity contribution in [1.29, 1.82) is 0 Å². The van der Waals surface area contributed by atoms with E-state index in [0.717, 1.165) is 50.0 Å². The Morgan fingerprint density at radius 2 is 1.64 bits per heavy atom. The third-order valence-corrected chi connectivity index (χ3v) is 5.24. The zero-order valence-corrected chi connectivity index (χ0v) is 14.0. The van der Waals surface area contributed by atoms with Gasteiger partial charge in [0, 0.05) is 37.1 Å². The topological polar surface area (TPSA) is 40.2 Å². The first-order chi connectivity index (χ1) is 12.4. The molecule has 3 heterocycles. The molecule has 1 saturated heterocycles. The fourth-order valence-corrected chi connectivity index (χ4v) is 3.93. The molecular formula is C20H21NO4. The van der Waals surface area contributed by atoms with Crippen molar-refractivity contribution in [2.45, 2.75) is 18.6 Å². The zero-order chi connectivity index (χ0) is 16.6. The van der Waals surface area contributed by atoms with Gasteiger partial charge in [0.05, 0.1) is 13.2 Å². The van der Waals surface area contributed by atoms with E-state index in [1.165, 1.54) is 11.1 Å². The SMILES string of the molecule is c1ccc([C@@H]2C[C@H](N3CCOCC3)Oc3cc4c(cc32)OCO4)cc1. The van der Waals surface area contributed by atoms with Crippen molar-refractivity contribution in [2.75, 3.05) is 33.1 Å². The summed E-state index contributed by atoms with van der Waals surface area (Å²) >= 11 is 0. The number of rotatable bonds is 2. The van der Waals surface area contributed by atoms with Crippen LogP contribution < -0.4 is 14.2 Å². The Hall–Kier alpha value is -2.24. The standard InChI is InChI=1S/C20H21NO4/c1-2-4-14(5-3-1)15-11-20(21-6-8-22-9-7-21)25-17-12-19-18(10-16(15)17)23-13-24-19/h1-5,10,12,15,20H,6-9,11,13H2/t15-,20+/m0/s1. The summed E-state index contributed by atoms with van der Waals surface area (Å²) in [4.78, 5) is 2.38. The molecule has 5 heteroatoms. The second kappa shape index (κ2) is 6.24. The van der Waals surface area contributed by atoms with E-state index in [-0.39, 0.29) is 18.9 Å². The van der Waals surface area contributed by atoms with E-state index in [1.807, 2.05) is 6.07 Å². The van der Waals surface area contributed by atoms with Crippen LogP contribution in [-0.2, 0) is 4.74 Å². The van der Waals surface area contributed by atoms with Crippen LogP contribution in [0.15, 0.2) is 42.5 Å². The number of hydrogen-bond donors (Lipinski definition) is 0. The minimum absolute atomic E-state index is 0.0574. The molecule has 130 valence electrons. The molecule has 25 heavy (non-hydrogen) atoms. The Morgan fingerprint density at radius 3 is 2.44 bits per heavy atom. The molecule has 0 spiro atoms. The van der Waals surface area contributed by atoms with Gasteiger partial charge in [-0.3, -0.25) is 4.90 Å². The highest BCUT2D eigenvalue weighted by Crippen LogP contribution is 2.47. The lowest BCUT2D eigenvalue weighted by molar-refractivity contribution is -0.0558. The Kier molecular flexibility index (Phi) is 3.76. The molecular weight excluding hydrogens is 318 g/mol. The number of ether oxygens (including phenoxy) is 4. The molecule has 5 rings (SSSR count). The summed E-state index contributed by atoms with van der Waals surface area (Å²) in [5.41, 5.74) is 2.49. The lowest BCUT2D eigenvalue weighted by Gasteiger charge is -2.40. The van der Waals surface area contributed by atoms with Gasteiger partial charge >= 0.3 is 0 Å². The number of nitrogens with zero attached hydrogens (tertiary/aromatic N) is 1. The highest BCUT2D eigenvalue weighted by Gasteiger charge is 2.35. The van der Waals surface area contributed by atoms with E-state index in [4.69, 9.17) is 18.9 Å². The molecule has 3 aliphatic rings. The van der Waals surface area contributed by atoms with Crippen molar-refractivity contribution < 1.29 is 18.9 Å². The second-order valence-electron chi connectivity index (χ2n) is 6.66. The highest BCUT2D eigenvalue weighted by atomic mass is 16.7. The third kappa shape index (κ3) is 2.73. The Balaban J connectivity index is 1.55. The van der Waals surface area contributed by atoms with Gasteiger partial charge in [0.1, 0.15) is 5.75 Å². The first-order valence-corrected chi connectivity index (χ1v) is 8.85. The quantitative estimate of drug-likeness (QED) is 0.841. The molecule has 0 N–H and O–H groups in total. The molecule has 0 radical (unpaired) electrons. The zero-order valence-electron chi connectivity index (χ0n) is 14.0. The van der Waals surface area contributed by atoms with Crippen LogP contribution in [0.1, 0.15) is 23.5 Å². The Morgan fingerprint density at radius 1 is 0.880 bits per heavy atom. The number of fused-ring (bicyclic) bond motifs is 2. The molecule has 2 aromatic carbocycles. The van der Waals surface area contributed by atoms with Gasteiger partial charge in [-0.05, 0) is 11.6 Å². The Labute approximate surface area is 147 Å². The molecule has 0 unspecified atom stereocenters. The van der Waals surface area contributed by atoms with Crippen molar-refractivity contribution in [3.63, 3.8) is 0 Å². The molecule has 0 saturated carbocycles. The van der Waals surface area contributed by atoms with Gasteiger partial charge in [-0.1, -0.05) is 30.3 Å². The van der Waals surface area contributed by atoms with Crippen molar-refractivity contribution in [3.8, 4) is 17.2 Å². The van der Waals surface area contributed by atoms with Crippen LogP contribution in [0.2, 0.25) is 0 Å². The van der Waals surface area contributed by atoms with Crippen LogP contribution >= 0.6 is 0 Å². The molecule has 1 fully saturated rings. The smallest absolute Gasteiger partial charge is 0.231 e. The van der Waals surface area contributed by atoms with E-state index >= 15 is 0 Å². The maximum absolute atomic E-state index is 6.38. The summed E-state index contributed by atoms with van der Waals surface area (Å²) in [6.07, 6.45) is 0.985. The lowest BCUT2D eigenvalue weighted by atomic mass is 9.85. The van der Waals surface area contributed by atoms with Gasteiger partial charge in [-0.15, -0.1) is 0 Å². The van der Waals surface area contributed by atoms with E-state index in [9.17, 15) is 0 Å². The first kappa shape index (κ1) is 15.0. The van der Waals surface area contributed by atoms with Crippen LogP contribution in [0.25, 0.3) is 0 Å². The van der Waals surface area contributed by atoms with E-state index in [2.05, 4.69) is 41.3 Å². The Bertz CT molecular complexity index is 758. The van der Waals surface area contributed by atoms with Gasteiger partial charge in [0.25, 0.3) is 0 Å². The summed E-state index contributed by atoms with van der Waals surface area (Å²) in [6, 6.07) is 14.7. The average Bonchev–Trinajstić information content (AvgIpc) is 3.14. The average molecular weight is 339 g/mol. The fraction of sp³-hybridized carbons (Fsp3) is 0.400. The van der Waals surface area contributed by atoms with Gasteiger partial charge in [0.15, 0.2) is 17.7 Å². The molecule has 2 atom stereocenters. The highest BCUT2D eigenvalue weighted by molar-refractivity contribution is 5.55.